The predicted octanol–water partition coefficient (Wildman–Crippen LogP) is 4.68. The van der Waals surface area contributed by atoms with Crippen molar-refractivity contribution in [3.05, 3.63) is 62.8 Å². The Kier molecular flexibility index (Phi) is 8.80. The molecule has 2 aromatic heterocycles. The number of benzene rings is 1. The van der Waals surface area contributed by atoms with Crippen molar-refractivity contribution in [1.82, 2.24) is 19.1 Å². The van der Waals surface area contributed by atoms with Gasteiger partial charge in [-0.15, -0.1) is 0 Å². The summed E-state index contributed by atoms with van der Waals surface area (Å²) in [5, 5.41) is 4.42. The Bertz CT molecular complexity index is 1220. The Morgan fingerprint density at radius 1 is 1.09 bits per heavy atom. The molecule has 0 radical (unpaired) electrons. The Morgan fingerprint density at radius 3 is 2.52 bits per heavy atom. The maximum atomic E-state index is 12.6. The number of nitrogens with one attached hydrogen (secondary N) is 2. The van der Waals surface area contributed by atoms with E-state index >= 15 is 0 Å². The standard InChI is InChI=1S/C25H34N6O2/c1-4-5-6-7-8-9-13-18-31-21-22(30(3)25(33)27-23(21)32)26-24(31)29-28-19(2)16-17-20-14-11-10-12-15-20/h10-12,14-17H,4-9,13,18H2,1-3H3,(H,26,29)(H,27,32,33). The molecule has 0 bridgehead atoms. The highest BCUT2D eigenvalue weighted by atomic mass is 16.2. The zero-order valence-corrected chi connectivity index (χ0v) is 19.8. The number of aryl methyl sites for hydroxylation is 2. The molecular formula is C25H34N6O2. The van der Waals surface area contributed by atoms with E-state index < -0.39 is 11.2 Å². The van der Waals surface area contributed by atoms with Crippen LogP contribution in [-0.4, -0.2) is 24.8 Å². The van der Waals surface area contributed by atoms with Crippen molar-refractivity contribution < 1.29 is 0 Å². The molecule has 8 heteroatoms. The zero-order chi connectivity index (χ0) is 23.6. The lowest BCUT2D eigenvalue weighted by molar-refractivity contribution is 0.556. The second-order valence-corrected chi connectivity index (χ2v) is 8.31. The van der Waals surface area contributed by atoms with Gasteiger partial charge in [0.15, 0.2) is 11.2 Å². The van der Waals surface area contributed by atoms with Crippen molar-refractivity contribution in [3.63, 3.8) is 0 Å². The molecule has 3 aromatic rings. The molecule has 33 heavy (non-hydrogen) atoms. The molecular weight excluding hydrogens is 416 g/mol. The number of nitrogens with zero attached hydrogens (tertiary/aromatic N) is 4. The molecule has 2 heterocycles. The van der Waals surface area contributed by atoms with Gasteiger partial charge in [0, 0.05) is 13.6 Å². The topological polar surface area (TPSA) is 97.1 Å². The summed E-state index contributed by atoms with van der Waals surface area (Å²) < 4.78 is 3.19. The van der Waals surface area contributed by atoms with Gasteiger partial charge < -0.3 is 4.57 Å². The average Bonchev–Trinajstić information content (AvgIpc) is 3.19. The van der Waals surface area contributed by atoms with Crippen LogP contribution >= 0.6 is 0 Å². The quantitative estimate of drug-likeness (QED) is 0.238. The van der Waals surface area contributed by atoms with Gasteiger partial charge in [0.1, 0.15) is 0 Å². The summed E-state index contributed by atoms with van der Waals surface area (Å²) in [6.07, 6.45) is 12.1. The summed E-state index contributed by atoms with van der Waals surface area (Å²) in [5.41, 5.74) is 4.67. The highest BCUT2D eigenvalue weighted by Gasteiger charge is 2.17. The van der Waals surface area contributed by atoms with Crippen LogP contribution in [0.5, 0.6) is 0 Å². The molecule has 0 atom stereocenters. The number of allylic oxidation sites excluding steroid dienone is 1. The number of rotatable bonds is 12. The lowest BCUT2D eigenvalue weighted by Gasteiger charge is -2.08. The maximum absolute atomic E-state index is 12.6. The molecule has 0 saturated heterocycles. The van der Waals surface area contributed by atoms with Gasteiger partial charge in [-0.25, -0.2) is 10.2 Å². The fraction of sp³-hybridized carbons (Fsp3) is 0.440. The van der Waals surface area contributed by atoms with Crippen molar-refractivity contribution >= 4 is 28.9 Å². The summed E-state index contributed by atoms with van der Waals surface area (Å²) in [7, 11) is 1.60. The smallest absolute Gasteiger partial charge is 0.303 e. The van der Waals surface area contributed by atoms with Crippen LogP contribution in [0.1, 0.15) is 64.4 Å². The van der Waals surface area contributed by atoms with E-state index in [1.54, 1.807) is 7.05 Å². The van der Waals surface area contributed by atoms with E-state index in [2.05, 4.69) is 27.4 Å². The second-order valence-electron chi connectivity index (χ2n) is 8.31. The average molecular weight is 451 g/mol. The van der Waals surface area contributed by atoms with Gasteiger partial charge in [-0.3, -0.25) is 14.3 Å². The molecule has 8 nitrogen and oxygen atoms in total. The van der Waals surface area contributed by atoms with Gasteiger partial charge in [0.05, 0.1) is 5.71 Å². The van der Waals surface area contributed by atoms with Crippen LogP contribution in [0, 0.1) is 0 Å². The van der Waals surface area contributed by atoms with Crippen LogP contribution in [0.25, 0.3) is 17.2 Å². The molecule has 0 saturated carbocycles. The van der Waals surface area contributed by atoms with Gasteiger partial charge in [-0.2, -0.15) is 10.1 Å². The molecule has 0 amide bonds. The Balaban J connectivity index is 1.79. The van der Waals surface area contributed by atoms with E-state index in [-0.39, 0.29) is 0 Å². The summed E-state index contributed by atoms with van der Waals surface area (Å²) in [4.78, 5) is 31.5. The molecule has 0 spiro atoms. The Labute approximate surface area is 194 Å². The van der Waals surface area contributed by atoms with Crippen LogP contribution in [0.4, 0.5) is 5.95 Å². The van der Waals surface area contributed by atoms with E-state index in [1.807, 2.05) is 54.0 Å². The third-order valence-corrected chi connectivity index (χ3v) is 5.64. The summed E-state index contributed by atoms with van der Waals surface area (Å²) in [5.74, 6) is 0.454. The third kappa shape index (κ3) is 6.54. The lowest BCUT2D eigenvalue weighted by atomic mass is 10.1. The van der Waals surface area contributed by atoms with Crippen molar-refractivity contribution in [2.45, 2.75) is 65.3 Å². The van der Waals surface area contributed by atoms with Crippen molar-refractivity contribution in [1.29, 1.82) is 0 Å². The molecule has 0 aliphatic heterocycles. The van der Waals surface area contributed by atoms with Crippen LogP contribution in [-0.2, 0) is 13.6 Å². The number of aromatic nitrogens is 4. The zero-order valence-electron chi connectivity index (χ0n) is 19.8. The molecule has 1 aromatic carbocycles. The molecule has 0 fully saturated rings. The Morgan fingerprint density at radius 2 is 1.79 bits per heavy atom. The van der Waals surface area contributed by atoms with Crippen molar-refractivity contribution in [2.24, 2.45) is 12.1 Å². The molecule has 176 valence electrons. The minimum Gasteiger partial charge on any atom is -0.303 e. The van der Waals surface area contributed by atoms with Crippen LogP contribution < -0.4 is 16.7 Å². The molecule has 0 unspecified atom stereocenters. The van der Waals surface area contributed by atoms with E-state index in [1.165, 1.54) is 36.7 Å². The second kappa shape index (κ2) is 12.0. The number of aromatic amines is 1. The SMILES string of the molecule is CCCCCCCCCn1c(NN=C(C)C=Cc2ccccc2)nc2c1c(=O)[nH]c(=O)n2C. The van der Waals surface area contributed by atoms with Gasteiger partial charge >= 0.3 is 5.69 Å². The first-order valence-corrected chi connectivity index (χ1v) is 11.7. The number of H-pyrrole nitrogens is 1. The molecule has 3 rings (SSSR count). The number of imidazole rings is 1. The number of fused-ring (bicyclic) bond motifs is 1. The van der Waals surface area contributed by atoms with Crippen molar-refractivity contribution in [2.75, 3.05) is 5.43 Å². The third-order valence-electron chi connectivity index (χ3n) is 5.64. The van der Waals surface area contributed by atoms with Crippen LogP contribution in [0.15, 0.2) is 51.1 Å². The number of anilines is 1. The first-order valence-electron chi connectivity index (χ1n) is 11.7. The van der Waals surface area contributed by atoms with E-state index in [9.17, 15) is 9.59 Å². The van der Waals surface area contributed by atoms with Crippen molar-refractivity contribution in [3.8, 4) is 0 Å². The fourth-order valence-electron chi connectivity index (χ4n) is 3.72. The first-order chi connectivity index (χ1) is 16.0. The highest BCUT2D eigenvalue weighted by Crippen LogP contribution is 2.17. The maximum Gasteiger partial charge on any atom is 0.329 e. The summed E-state index contributed by atoms with van der Waals surface area (Å²) >= 11 is 0. The van der Waals surface area contributed by atoms with Gasteiger partial charge in [-0.1, -0.05) is 81.9 Å². The van der Waals surface area contributed by atoms with E-state index in [4.69, 9.17) is 0 Å². The highest BCUT2D eigenvalue weighted by molar-refractivity contribution is 5.96. The summed E-state index contributed by atoms with van der Waals surface area (Å²) in [6.45, 7) is 4.73. The van der Waals surface area contributed by atoms with Gasteiger partial charge in [0.25, 0.3) is 5.56 Å². The normalized spacial score (nSPS) is 12.2. The lowest BCUT2D eigenvalue weighted by Crippen LogP contribution is -2.29. The first kappa shape index (κ1) is 24.2. The largest absolute Gasteiger partial charge is 0.329 e. The van der Waals surface area contributed by atoms with Gasteiger partial charge in [-0.05, 0) is 25.0 Å². The fourth-order valence-corrected chi connectivity index (χ4v) is 3.72. The number of unbranched alkanes of at least 4 members (excludes halogenated alkanes) is 6. The van der Waals surface area contributed by atoms with E-state index in [0.29, 0.717) is 23.7 Å². The number of hydrazone groups is 1. The Hall–Kier alpha value is -3.42. The molecule has 0 aliphatic rings. The van der Waals surface area contributed by atoms with E-state index in [0.717, 1.165) is 24.1 Å². The van der Waals surface area contributed by atoms with Crippen LogP contribution in [0.2, 0.25) is 0 Å². The monoisotopic (exact) mass is 450 g/mol. The minimum atomic E-state index is -0.481. The van der Waals surface area contributed by atoms with Crippen LogP contribution in [0.3, 0.4) is 0 Å². The summed E-state index contributed by atoms with van der Waals surface area (Å²) in [6, 6.07) is 9.98. The van der Waals surface area contributed by atoms with Gasteiger partial charge in [0.2, 0.25) is 5.95 Å². The number of hydrogen-bond donors (Lipinski definition) is 2. The molecule has 2 N–H and O–H groups in total. The molecule has 0 aliphatic carbocycles. The number of hydrogen-bond acceptors (Lipinski definition) is 5. The minimum absolute atomic E-state index is 0.349. The predicted molar refractivity (Wildman–Crippen MR) is 136 cm³/mol.